The number of hydrogen-bond donors (Lipinski definition) is 1. The minimum absolute atomic E-state index is 0.0265. The topological polar surface area (TPSA) is 81.7 Å². The number of alkyl carbamates (subject to hydrolysis) is 1. The van der Waals surface area contributed by atoms with E-state index in [2.05, 4.69) is 5.32 Å². The molecule has 0 aromatic heterocycles. The summed E-state index contributed by atoms with van der Waals surface area (Å²) in [5, 5.41) is 2.44. The third-order valence-electron chi connectivity index (χ3n) is 3.13. The van der Waals surface area contributed by atoms with E-state index in [0.29, 0.717) is 0 Å². The number of hydrogen-bond acceptors (Lipinski definition) is 5. The molecule has 1 amide bonds. The van der Waals surface area contributed by atoms with Gasteiger partial charge in [0, 0.05) is 6.54 Å². The molecule has 0 fully saturated rings. The normalized spacial score (nSPS) is 11.0. The number of amides is 1. The van der Waals surface area contributed by atoms with E-state index in [9.17, 15) is 13.2 Å². The van der Waals surface area contributed by atoms with Gasteiger partial charge < -0.3 is 10.1 Å². The first-order chi connectivity index (χ1) is 11.5. The minimum Gasteiger partial charge on any atom is -0.445 e. The number of ether oxygens (including phenoxy) is 1. The van der Waals surface area contributed by atoms with Crippen molar-refractivity contribution in [2.24, 2.45) is 0 Å². The van der Waals surface area contributed by atoms with E-state index < -0.39 is 16.2 Å². The second-order valence-corrected chi connectivity index (χ2v) is 6.69. The molecular formula is C17H19NO5S. The van der Waals surface area contributed by atoms with Crippen LogP contribution in [-0.2, 0) is 25.6 Å². The lowest BCUT2D eigenvalue weighted by atomic mass is 10.2. The largest absolute Gasteiger partial charge is 0.445 e. The smallest absolute Gasteiger partial charge is 0.407 e. The Bertz CT molecular complexity index is 757. The van der Waals surface area contributed by atoms with Gasteiger partial charge in [0.15, 0.2) is 0 Å². The fourth-order valence-electron chi connectivity index (χ4n) is 1.85. The van der Waals surface area contributed by atoms with Crippen LogP contribution >= 0.6 is 0 Å². The van der Waals surface area contributed by atoms with Gasteiger partial charge in [-0.1, -0.05) is 48.0 Å². The molecule has 0 aliphatic rings. The zero-order valence-electron chi connectivity index (χ0n) is 13.3. The molecule has 0 heterocycles. The Balaban J connectivity index is 1.70. The van der Waals surface area contributed by atoms with Crippen LogP contribution < -0.4 is 5.32 Å². The van der Waals surface area contributed by atoms with Crippen LogP contribution in [0.15, 0.2) is 59.5 Å². The second kappa shape index (κ2) is 8.47. The maximum absolute atomic E-state index is 11.9. The Hall–Kier alpha value is -2.38. The SMILES string of the molecule is Cc1ccc(S(=O)(=O)OCCNC(=O)OCc2ccccc2)cc1. The van der Waals surface area contributed by atoms with Crippen molar-refractivity contribution in [2.45, 2.75) is 18.4 Å². The van der Waals surface area contributed by atoms with Crippen LogP contribution in [0.25, 0.3) is 0 Å². The summed E-state index contributed by atoms with van der Waals surface area (Å²) in [6.07, 6.45) is -0.629. The molecule has 0 unspecified atom stereocenters. The lowest BCUT2D eigenvalue weighted by Crippen LogP contribution is -2.28. The molecule has 2 rings (SSSR count). The molecule has 24 heavy (non-hydrogen) atoms. The number of rotatable bonds is 7. The molecule has 0 saturated carbocycles. The van der Waals surface area contributed by atoms with Crippen LogP contribution in [0.3, 0.4) is 0 Å². The van der Waals surface area contributed by atoms with Gasteiger partial charge in [-0.25, -0.2) is 4.79 Å². The van der Waals surface area contributed by atoms with Gasteiger partial charge in [0.2, 0.25) is 0 Å². The third kappa shape index (κ3) is 5.68. The van der Waals surface area contributed by atoms with Gasteiger partial charge in [0.05, 0.1) is 11.5 Å². The highest BCUT2D eigenvalue weighted by molar-refractivity contribution is 7.86. The monoisotopic (exact) mass is 349 g/mol. The van der Waals surface area contributed by atoms with Gasteiger partial charge in [0.1, 0.15) is 6.61 Å². The Labute approximate surface area is 141 Å². The summed E-state index contributed by atoms with van der Waals surface area (Å²) >= 11 is 0. The molecule has 1 N–H and O–H groups in total. The Kier molecular flexibility index (Phi) is 6.34. The van der Waals surface area contributed by atoms with Crippen LogP contribution in [0.2, 0.25) is 0 Å². The summed E-state index contributed by atoms with van der Waals surface area (Å²) in [6, 6.07) is 15.6. The van der Waals surface area contributed by atoms with Crippen molar-refractivity contribution in [3.63, 3.8) is 0 Å². The zero-order valence-corrected chi connectivity index (χ0v) is 14.1. The molecule has 0 aliphatic carbocycles. The predicted molar refractivity (Wildman–Crippen MR) is 88.9 cm³/mol. The van der Waals surface area contributed by atoms with Gasteiger partial charge in [-0.15, -0.1) is 0 Å². The molecule has 6 nitrogen and oxygen atoms in total. The third-order valence-corrected chi connectivity index (χ3v) is 4.46. The molecule has 2 aromatic carbocycles. The predicted octanol–water partition coefficient (Wildman–Crippen LogP) is 2.63. The van der Waals surface area contributed by atoms with Crippen molar-refractivity contribution in [2.75, 3.05) is 13.2 Å². The standard InChI is InChI=1S/C17H19NO5S/c1-14-7-9-16(10-8-14)24(20,21)23-12-11-18-17(19)22-13-15-5-3-2-4-6-15/h2-10H,11-13H2,1H3,(H,18,19). The van der Waals surface area contributed by atoms with E-state index in [1.165, 1.54) is 12.1 Å². The summed E-state index contributed by atoms with van der Waals surface area (Å²) in [4.78, 5) is 11.6. The average molecular weight is 349 g/mol. The molecule has 0 bridgehead atoms. The lowest BCUT2D eigenvalue weighted by Gasteiger charge is -2.08. The fraction of sp³-hybridized carbons (Fsp3) is 0.235. The van der Waals surface area contributed by atoms with Crippen molar-refractivity contribution in [1.82, 2.24) is 5.32 Å². The number of nitrogens with one attached hydrogen (secondary N) is 1. The summed E-state index contributed by atoms with van der Waals surface area (Å²) in [5.74, 6) is 0. The van der Waals surface area contributed by atoms with Gasteiger partial charge in [-0.2, -0.15) is 8.42 Å². The minimum atomic E-state index is -3.82. The maximum atomic E-state index is 11.9. The fourth-order valence-corrected chi connectivity index (χ4v) is 2.76. The van der Waals surface area contributed by atoms with Crippen LogP contribution in [0.1, 0.15) is 11.1 Å². The van der Waals surface area contributed by atoms with Crippen molar-refractivity contribution in [3.8, 4) is 0 Å². The van der Waals surface area contributed by atoms with Gasteiger partial charge in [-0.05, 0) is 24.6 Å². The van der Waals surface area contributed by atoms with Crippen LogP contribution in [-0.4, -0.2) is 27.7 Å². The Morgan fingerprint density at radius 3 is 2.38 bits per heavy atom. The molecule has 7 heteroatoms. The number of carbonyl (C=O) groups excluding carboxylic acids is 1. The number of benzene rings is 2. The first-order valence-corrected chi connectivity index (χ1v) is 8.79. The first kappa shape index (κ1) is 18.0. The highest BCUT2D eigenvalue weighted by Gasteiger charge is 2.14. The van der Waals surface area contributed by atoms with E-state index in [0.717, 1.165) is 11.1 Å². The van der Waals surface area contributed by atoms with E-state index in [4.69, 9.17) is 8.92 Å². The van der Waals surface area contributed by atoms with Gasteiger partial charge in [-0.3, -0.25) is 4.18 Å². The lowest BCUT2D eigenvalue weighted by molar-refractivity contribution is 0.137. The molecule has 0 atom stereocenters. The van der Waals surface area contributed by atoms with Crippen molar-refractivity contribution in [1.29, 1.82) is 0 Å². The number of carbonyl (C=O) groups is 1. The van der Waals surface area contributed by atoms with Crippen molar-refractivity contribution >= 4 is 16.2 Å². The molecule has 2 aromatic rings. The zero-order chi connectivity index (χ0) is 17.4. The highest BCUT2D eigenvalue weighted by atomic mass is 32.2. The second-order valence-electron chi connectivity index (χ2n) is 5.08. The van der Waals surface area contributed by atoms with Crippen molar-refractivity contribution in [3.05, 3.63) is 65.7 Å². The average Bonchev–Trinajstić information content (AvgIpc) is 2.58. The Morgan fingerprint density at radius 1 is 1.04 bits per heavy atom. The van der Waals surface area contributed by atoms with Crippen molar-refractivity contribution < 1.29 is 22.1 Å². The van der Waals surface area contributed by atoms with E-state index >= 15 is 0 Å². The quantitative estimate of drug-likeness (QED) is 0.614. The molecule has 0 aliphatic heterocycles. The van der Waals surface area contributed by atoms with Crippen LogP contribution in [0, 0.1) is 6.92 Å². The summed E-state index contributed by atoms with van der Waals surface area (Å²) in [5.41, 5.74) is 1.82. The van der Waals surface area contributed by atoms with Crippen LogP contribution in [0.4, 0.5) is 4.79 Å². The van der Waals surface area contributed by atoms with E-state index in [-0.39, 0.29) is 24.7 Å². The molecule has 0 spiro atoms. The van der Waals surface area contributed by atoms with Crippen LogP contribution in [0.5, 0.6) is 0 Å². The summed E-state index contributed by atoms with van der Waals surface area (Å²) in [6.45, 7) is 1.87. The van der Waals surface area contributed by atoms with Gasteiger partial charge in [0.25, 0.3) is 10.1 Å². The molecule has 0 saturated heterocycles. The number of aryl methyl sites for hydroxylation is 1. The summed E-state index contributed by atoms with van der Waals surface area (Å²) < 4.78 is 33.7. The molecule has 0 radical (unpaired) electrons. The summed E-state index contributed by atoms with van der Waals surface area (Å²) in [7, 11) is -3.82. The molecular weight excluding hydrogens is 330 g/mol. The first-order valence-electron chi connectivity index (χ1n) is 7.38. The molecule has 128 valence electrons. The van der Waals surface area contributed by atoms with Gasteiger partial charge >= 0.3 is 6.09 Å². The maximum Gasteiger partial charge on any atom is 0.407 e. The highest BCUT2D eigenvalue weighted by Crippen LogP contribution is 2.12. The Morgan fingerprint density at radius 2 is 1.71 bits per heavy atom. The van der Waals surface area contributed by atoms with E-state index in [1.807, 2.05) is 37.3 Å². The van der Waals surface area contributed by atoms with E-state index in [1.54, 1.807) is 12.1 Å².